The van der Waals surface area contributed by atoms with Gasteiger partial charge in [0, 0.05) is 30.9 Å². The molecule has 0 radical (unpaired) electrons. The first-order valence-electron chi connectivity index (χ1n) is 7.67. The molecule has 2 aromatic rings. The van der Waals surface area contributed by atoms with Crippen LogP contribution in [0.25, 0.3) is 10.9 Å². The molecule has 2 aromatic heterocycles. The van der Waals surface area contributed by atoms with E-state index in [9.17, 15) is 5.11 Å². The molecule has 2 N–H and O–H groups in total. The van der Waals surface area contributed by atoms with Crippen molar-refractivity contribution in [1.82, 2.24) is 14.9 Å². The Balaban J connectivity index is 1.50. The van der Waals surface area contributed by atoms with E-state index >= 15 is 0 Å². The van der Waals surface area contributed by atoms with Gasteiger partial charge in [-0.25, -0.2) is 4.98 Å². The number of rotatable bonds is 5. The van der Waals surface area contributed by atoms with Gasteiger partial charge in [-0.3, -0.25) is 4.98 Å². The third kappa shape index (κ3) is 3.68. The summed E-state index contributed by atoms with van der Waals surface area (Å²) in [6.45, 7) is 3.80. The number of piperidine rings is 1. The third-order valence-electron chi connectivity index (χ3n) is 3.95. The van der Waals surface area contributed by atoms with E-state index in [1.807, 2.05) is 24.4 Å². The van der Waals surface area contributed by atoms with E-state index in [0.29, 0.717) is 0 Å². The van der Waals surface area contributed by atoms with Crippen molar-refractivity contribution in [3.05, 3.63) is 30.6 Å². The number of aromatic nitrogens is 2. The van der Waals surface area contributed by atoms with E-state index < -0.39 is 0 Å². The summed E-state index contributed by atoms with van der Waals surface area (Å²) in [4.78, 5) is 11.1. The van der Waals surface area contributed by atoms with Gasteiger partial charge in [-0.1, -0.05) is 6.07 Å². The largest absolute Gasteiger partial charge is 0.392 e. The maximum Gasteiger partial charge on any atom is 0.152 e. The van der Waals surface area contributed by atoms with Crippen molar-refractivity contribution >= 4 is 16.7 Å². The van der Waals surface area contributed by atoms with E-state index in [4.69, 9.17) is 0 Å². The second-order valence-corrected chi connectivity index (χ2v) is 5.61. The van der Waals surface area contributed by atoms with Crippen LogP contribution in [0.2, 0.25) is 0 Å². The summed E-state index contributed by atoms with van der Waals surface area (Å²) in [7, 11) is 0. The zero-order valence-corrected chi connectivity index (χ0v) is 12.2. The van der Waals surface area contributed by atoms with Gasteiger partial charge in [0.05, 0.1) is 6.10 Å². The van der Waals surface area contributed by atoms with Crippen molar-refractivity contribution < 1.29 is 5.11 Å². The Kier molecular flexibility index (Phi) is 4.62. The summed E-state index contributed by atoms with van der Waals surface area (Å²) >= 11 is 0. The molecule has 3 heterocycles. The predicted molar refractivity (Wildman–Crippen MR) is 84.3 cm³/mol. The van der Waals surface area contributed by atoms with Crippen LogP contribution in [0.15, 0.2) is 30.6 Å². The number of pyridine rings is 2. The smallest absolute Gasteiger partial charge is 0.152 e. The predicted octanol–water partition coefficient (Wildman–Crippen LogP) is 1.89. The zero-order valence-electron chi connectivity index (χ0n) is 12.2. The molecule has 5 heteroatoms. The Bertz CT molecular complexity index is 584. The highest BCUT2D eigenvalue weighted by Gasteiger charge is 2.16. The van der Waals surface area contributed by atoms with Gasteiger partial charge in [0.25, 0.3) is 0 Å². The first-order valence-corrected chi connectivity index (χ1v) is 7.67. The van der Waals surface area contributed by atoms with Crippen LogP contribution in [-0.4, -0.2) is 52.3 Å². The Morgan fingerprint density at radius 2 is 2.24 bits per heavy atom. The molecule has 0 amide bonds. The summed E-state index contributed by atoms with van der Waals surface area (Å²) in [6, 6.07) is 5.96. The van der Waals surface area contributed by atoms with Crippen molar-refractivity contribution in [2.45, 2.75) is 25.4 Å². The summed E-state index contributed by atoms with van der Waals surface area (Å²) < 4.78 is 0. The van der Waals surface area contributed by atoms with E-state index in [2.05, 4.69) is 20.2 Å². The van der Waals surface area contributed by atoms with Crippen LogP contribution < -0.4 is 5.32 Å². The molecule has 0 aromatic carbocycles. The Morgan fingerprint density at radius 1 is 1.29 bits per heavy atom. The van der Waals surface area contributed by atoms with Crippen LogP contribution >= 0.6 is 0 Å². The number of aliphatic hydroxyl groups is 1. The molecular weight excluding hydrogens is 264 g/mol. The first kappa shape index (κ1) is 14.2. The number of hydrogen-bond acceptors (Lipinski definition) is 5. The molecule has 1 aliphatic rings. The summed E-state index contributed by atoms with van der Waals surface area (Å²) in [5.41, 5.74) is 0.924. The van der Waals surface area contributed by atoms with Crippen molar-refractivity contribution in [2.24, 2.45) is 0 Å². The summed E-state index contributed by atoms with van der Waals surface area (Å²) in [6.07, 6.45) is 6.55. The van der Waals surface area contributed by atoms with Gasteiger partial charge in [-0.2, -0.15) is 0 Å². The number of likely N-dealkylation sites (tertiary alicyclic amines) is 1. The highest BCUT2D eigenvalue weighted by Crippen LogP contribution is 2.17. The van der Waals surface area contributed by atoms with E-state index in [0.717, 1.165) is 62.2 Å². The number of nitrogens with one attached hydrogen (secondary N) is 1. The number of β-amino-alcohol motifs (C(OH)–C–C–N with tert-alkyl or cyclic N) is 1. The Hall–Kier alpha value is -1.72. The molecule has 1 fully saturated rings. The topological polar surface area (TPSA) is 61.3 Å². The van der Waals surface area contributed by atoms with Gasteiger partial charge in [0.15, 0.2) is 5.82 Å². The van der Waals surface area contributed by atoms with Gasteiger partial charge in [-0.15, -0.1) is 0 Å². The van der Waals surface area contributed by atoms with Gasteiger partial charge >= 0.3 is 0 Å². The van der Waals surface area contributed by atoms with Crippen molar-refractivity contribution in [2.75, 3.05) is 31.5 Å². The number of nitrogens with zero attached hydrogens (tertiary/aromatic N) is 3. The lowest BCUT2D eigenvalue weighted by Gasteiger charge is -2.29. The fourth-order valence-corrected chi connectivity index (χ4v) is 2.88. The van der Waals surface area contributed by atoms with Crippen molar-refractivity contribution in [3.8, 4) is 0 Å². The normalized spacial score (nSPS) is 19.8. The molecule has 1 saturated heterocycles. The van der Waals surface area contributed by atoms with Gasteiger partial charge in [0.2, 0.25) is 0 Å². The van der Waals surface area contributed by atoms with E-state index in [1.165, 1.54) is 0 Å². The molecule has 0 bridgehead atoms. The molecule has 1 aliphatic heterocycles. The lowest BCUT2D eigenvalue weighted by atomic mass is 10.1. The molecule has 0 saturated carbocycles. The average molecular weight is 286 g/mol. The molecule has 1 unspecified atom stereocenters. The highest BCUT2D eigenvalue weighted by molar-refractivity contribution is 5.87. The quantitative estimate of drug-likeness (QED) is 0.822. The highest BCUT2D eigenvalue weighted by atomic mass is 16.3. The van der Waals surface area contributed by atoms with Crippen LogP contribution in [0.1, 0.15) is 19.3 Å². The van der Waals surface area contributed by atoms with E-state index in [-0.39, 0.29) is 6.10 Å². The average Bonchev–Trinajstić information content (AvgIpc) is 2.52. The maximum atomic E-state index is 9.66. The second-order valence-electron chi connectivity index (χ2n) is 5.61. The molecule has 3 rings (SSSR count). The molecule has 5 nitrogen and oxygen atoms in total. The Labute approximate surface area is 125 Å². The van der Waals surface area contributed by atoms with Gasteiger partial charge in [-0.05, 0) is 44.5 Å². The lowest BCUT2D eigenvalue weighted by molar-refractivity contribution is 0.0706. The number of anilines is 1. The fraction of sp³-hybridized carbons (Fsp3) is 0.500. The number of fused-ring (bicyclic) bond motifs is 1. The Morgan fingerprint density at radius 3 is 3.14 bits per heavy atom. The minimum atomic E-state index is -0.143. The monoisotopic (exact) mass is 286 g/mol. The van der Waals surface area contributed by atoms with Crippen LogP contribution in [0.5, 0.6) is 0 Å². The molecular formula is C16H22N4O. The van der Waals surface area contributed by atoms with Crippen LogP contribution in [-0.2, 0) is 0 Å². The van der Waals surface area contributed by atoms with Gasteiger partial charge < -0.3 is 15.3 Å². The minimum absolute atomic E-state index is 0.143. The molecule has 112 valence electrons. The SMILES string of the molecule is OC1CCCN(CCCNc2nccc3cccnc23)C1. The molecule has 0 spiro atoms. The third-order valence-corrected chi connectivity index (χ3v) is 3.95. The van der Waals surface area contributed by atoms with Crippen molar-refractivity contribution in [1.29, 1.82) is 0 Å². The molecule has 0 aliphatic carbocycles. The summed E-state index contributed by atoms with van der Waals surface area (Å²) in [5, 5.41) is 14.1. The fourth-order valence-electron chi connectivity index (χ4n) is 2.88. The number of aliphatic hydroxyl groups excluding tert-OH is 1. The van der Waals surface area contributed by atoms with Crippen LogP contribution in [0, 0.1) is 0 Å². The van der Waals surface area contributed by atoms with Crippen LogP contribution in [0.3, 0.4) is 0 Å². The zero-order chi connectivity index (χ0) is 14.5. The lowest BCUT2D eigenvalue weighted by Crippen LogP contribution is -2.39. The standard InChI is InChI=1S/C16H22N4O/c21-14-5-2-10-20(12-14)11-3-8-18-16-15-13(6-9-19-16)4-1-7-17-15/h1,4,6-7,9,14,21H,2-3,5,8,10-12H2,(H,18,19). The maximum absolute atomic E-state index is 9.66. The first-order chi connectivity index (χ1) is 10.3. The number of hydrogen-bond donors (Lipinski definition) is 2. The van der Waals surface area contributed by atoms with Crippen molar-refractivity contribution in [3.63, 3.8) is 0 Å². The molecule has 21 heavy (non-hydrogen) atoms. The molecule has 1 atom stereocenters. The van der Waals surface area contributed by atoms with Gasteiger partial charge in [0.1, 0.15) is 5.52 Å². The van der Waals surface area contributed by atoms with Crippen LogP contribution in [0.4, 0.5) is 5.82 Å². The summed E-state index contributed by atoms with van der Waals surface area (Å²) in [5.74, 6) is 0.853. The van der Waals surface area contributed by atoms with E-state index in [1.54, 1.807) is 6.20 Å². The minimum Gasteiger partial charge on any atom is -0.392 e. The second kappa shape index (κ2) is 6.83.